The van der Waals surface area contributed by atoms with Gasteiger partial charge in [0.25, 0.3) is 5.91 Å². The number of aryl methyl sites for hydroxylation is 2. The van der Waals surface area contributed by atoms with Crippen molar-refractivity contribution in [3.05, 3.63) is 64.6 Å². The molecule has 2 aromatic carbocycles. The molecular formula is C23H24FN3O2. The smallest absolute Gasteiger partial charge is 0.256 e. The zero-order valence-electron chi connectivity index (χ0n) is 16.9. The number of hydrogen-bond donors (Lipinski definition) is 1. The van der Waals surface area contributed by atoms with Crippen molar-refractivity contribution >= 4 is 28.3 Å². The van der Waals surface area contributed by atoms with Gasteiger partial charge in [-0.3, -0.25) is 9.59 Å². The number of nitrogens with zero attached hydrogens (tertiary/aromatic N) is 2. The third kappa shape index (κ3) is 3.39. The first-order chi connectivity index (χ1) is 13.9. The number of halogens is 1. The Hall–Kier alpha value is -3.15. The highest BCUT2D eigenvalue weighted by Crippen LogP contribution is 2.26. The largest absolute Gasteiger partial charge is 0.366 e. The van der Waals surface area contributed by atoms with Crippen molar-refractivity contribution in [2.45, 2.75) is 20.8 Å². The lowest BCUT2D eigenvalue weighted by Crippen LogP contribution is -2.49. The first-order valence-electron chi connectivity index (χ1n) is 9.79. The molecule has 1 aromatic heterocycles. The van der Waals surface area contributed by atoms with Gasteiger partial charge in [-0.25, -0.2) is 4.39 Å². The molecule has 2 heterocycles. The molecule has 1 N–H and O–H groups in total. The zero-order valence-corrected chi connectivity index (χ0v) is 16.9. The van der Waals surface area contributed by atoms with Crippen molar-refractivity contribution in [2.75, 3.05) is 31.1 Å². The average Bonchev–Trinajstić information content (AvgIpc) is 3.01. The maximum atomic E-state index is 14.5. The van der Waals surface area contributed by atoms with Crippen molar-refractivity contribution in [3.63, 3.8) is 0 Å². The fourth-order valence-electron chi connectivity index (χ4n) is 3.96. The predicted octanol–water partition coefficient (Wildman–Crippen LogP) is 4.09. The Balaban J connectivity index is 1.51. The van der Waals surface area contributed by atoms with E-state index in [1.54, 1.807) is 12.1 Å². The summed E-state index contributed by atoms with van der Waals surface area (Å²) in [5.41, 5.74) is 4.60. The van der Waals surface area contributed by atoms with Crippen LogP contribution in [0.25, 0.3) is 10.9 Å². The summed E-state index contributed by atoms with van der Waals surface area (Å²) >= 11 is 0. The Morgan fingerprint density at radius 1 is 1.03 bits per heavy atom. The number of para-hydroxylation sites is 1. The molecule has 150 valence electrons. The van der Waals surface area contributed by atoms with E-state index in [0.717, 1.165) is 22.2 Å². The van der Waals surface area contributed by atoms with Crippen molar-refractivity contribution in [3.8, 4) is 0 Å². The van der Waals surface area contributed by atoms with Crippen LogP contribution in [-0.2, 0) is 0 Å². The van der Waals surface area contributed by atoms with Crippen molar-refractivity contribution in [1.82, 2.24) is 9.88 Å². The Kier molecular flexibility index (Phi) is 4.86. The van der Waals surface area contributed by atoms with Gasteiger partial charge >= 0.3 is 0 Å². The van der Waals surface area contributed by atoms with Gasteiger partial charge in [0, 0.05) is 42.8 Å². The topological polar surface area (TPSA) is 56.4 Å². The fourth-order valence-corrected chi connectivity index (χ4v) is 3.96. The van der Waals surface area contributed by atoms with Crippen LogP contribution in [0.1, 0.15) is 38.9 Å². The molecule has 29 heavy (non-hydrogen) atoms. The molecule has 0 atom stereocenters. The van der Waals surface area contributed by atoms with E-state index in [1.165, 1.54) is 13.0 Å². The van der Waals surface area contributed by atoms with Gasteiger partial charge in [0.1, 0.15) is 5.82 Å². The number of nitrogens with one attached hydrogen (secondary N) is 1. The van der Waals surface area contributed by atoms with E-state index in [4.69, 9.17) is 0 Å². The number of hydrogen-bond acceptors (Lipinski definition) is 3. The first kappa shape index (κ1) is 19.2. The summed E-state index contributed by atoms with van der Waals surface area (Å²) in [6, 6.07) is 10.4. The number of aromatic amines is 1. The summed E-state index contributed by atoms with van der Waals surface area (Å²) in [4.78, 5) is 31.6. The lowest BCUT2D eigenvalue weighted by atomic mass is 10.1. The van der Waals surface area contributed by atoms with Crippen LogP contribution >= 0.6 is 0 Å². The number of ketones is 1. The van der Waals surface area contributed by atoms with Crippen LogP contribution in [0, 0.1) is 19.7 Å². The minimum absolute atomic E-state index is 0.0103. The maximum Gasteiger partial charge on any atom is 0.256 e. The summed E-state index contributed by atoms with van der Waals surface area (Å²) in [6.45, 7) is 7.60. The molecule has 0 saturated carbocycles. The molecule has 6 heteroatoms. The number of carbonyl (C=O) groups is 2. The first-order valence-corrected chi connectivity index (χ1v) is 9.79. The van der Waals surface area contributed by atoms with Gasteiger partial charge in [-0.05, 0) is 50.6 Å². The van der Waals surface area contributed by atoms with Crippen LogP contribution in [0.4, 0.5) is 10.1 Å². The van der Waals surface area contributed by atoms with Gasteiger partial charge in [0.2, 0.25) is 0 Å². The Bertz CT molecular complexity index is 1110. The Labute approximate surface area is 169 Å². The third-order valence-corrected chi connectivity index (χ3v) is 5.84. The van der Waals surface area contributed by atoms with E-state index in [9.17, 15) is 14.0 Å². The fraction of sp³-hybridized carbons (Fsp3) is 0.304. The highest BCUT2D eigenvalue weighted by molar-refractivity contribution is 6.06. The molecule has 1 fully saturated rings. The van der Waals surface area contributed by atoms with Crippen LogP contribution < -0.4 is 4.90 Å². The second-order valence-electron chi connectivity index (χ2n) is 7.60. The van der Waals surface area contributed by atoms with Crippen LogP contribution in [0.15, 0.2) is 36.4 Å². The van der Waals surface area contributed by atoms with E-state index < -0.39 is 5.82 Å². The highest BCUT2D eigenvalue weighted by Gasteiger charge is 2.25. The molecule has 0 spiro atoms. The van der Waals surface area contributed by atoms with E-state index in [-0.39, 0.29) is 11.7 Å². The molecule has 0 aliphatic carbocycles. The van der Waals surface area contributed by atoms with Gasteiger partial charge in [-0.2, -0.15) is 0 Å². The molecule has 0 unspecified atom stereocenters. The number of benzene rings is 2. The SMILES string of the molecule is CC(=O)c1ccc(N2CCN(C(=O)c3cccc4c(C)c(C)[nH]c34)CC2)c(F)c1. The van der Waals surface area contributed by atoms with E-state index in [0.29, 0.717) is 43.0 Å². The number of piperazine rings is 1. The van der Waals surface area contributed by atoms with Crippen LogP contribution in [-0.4, -0.2) is 47.8 Å². The molecular weight excluding hydrogens is 369 g/mol. The van der Waals surface area contributed by atoms with Crippen LogP contribution in [0.3, 0.4) is 0 Å². The van der Waals surface area contributed by atoms with Crippen LogP contribution in [0.5, 0.6) is 0 Å². The molecule has 5 nitrogen and oxygen atoms in total. The number of rotatable bonds is 3. The second kappa shape index (κ2) is 7.35. The summed E-state index contributed by atoms with van der Waals surface area (Å²) in [5, 5.41) is 1.07. The van der Waals surface area contributed by atoms with Gasteiger partial charge in [-0.1, -0.05) is 12.1 Å². The van der Waals surface area contributed by atoms with Gasteiger partial charge < -0.3 is 14.8 Å². The third-order valence-electron chi connectivity index (χ3n) is 5.84. The minimum atomic E-state index is -0.403. The molecule has 3 aromatic rings. The standard InChI is InChI=1S/C23H24FN3O2/c1-14-15(2)25-22-18(14)5-4-6-19(22)23(29)27-11-9-26(10-12-27)21-8-7-17(16(3)28)13-20(21)24/h4-8,13,25H,9-12H2,1-3H3. The quantitative estimate of drug-likeness (QED) is 0.682. The number of aromatic nitrogens is 1. The number of fused-ring (bicyclic) bond motifs is 1. The molecule has 0 bridgehead atoms. The van der Waals surface area contributed by atoms with Gasteiger partial charge in [0.15, 0.2) is 5.78 Å². The number of amides is 1. The second-order valence-corrected chi connectivity index (χ2v) is 7.60. The van der Waals surface area contributed by atoms with Gasteiger partial charge in [0.05, 0.1) is 16.8 Å². The zero-order chi connectivity index (χ0) is 20.7. The summed E-state index contributed by atoms with van der Waals surface area (Å²) in [5.74, 6) is -0.571. The van der Waals surface area contributed by atoms with Crippen molar-refractivity contribution in [1.29, 1.82) is 0 Å². The van der Waals surface area contributed by atoms with Crippen molar-refractivity contribution < 1.29 is 14.0 Å². The summed E-state index contributed by atoms with van der Waals surface area (Å²) < 4.78 is 14.5. The summed E-state index contributed by atoms with van der Waals surface area (Å²) in [7, 11) is 0. The number of Topliss-reactive ketones (excluding diaryl/α,β-unsaturated/α-hetero) is 1. The molecule has 1 aliphatic rings. The van der Waals surface area contributed by atoms with E-state index >= 15 is 0 Å². The number of H-pyrrole nitrogens is 1. The molecule has 0 radical (unpaired) electrons. The normalized spacial score (nSPS) is 14.5. The predicted molar refractivity (Wildman–Crippen MR) is 112 cm³/mol. The molecule has 4 rings (SSSR count). The lowest BCUT2D eigenvalue weighted by Gasteiger charge is -2.36. The monoisotopic (exact) mass is 393 g/mol. The molecule has 1 aliphatic heterocycles. The van der Waals surface area contributed by atoms with Gasteiger partial charge in [-0.15, -0.1) is 0 Å². The molecule has 1 amide bonds. The van der Waals surface area contributed by atoms with E-state index in [1.807, 2.05) is 41.8 Å². The number of anilines is 1. The minimum Gasteiger partial charge on any atom is -0.366 e. The number of carbonyl (C=O) groups excluding carboxylic acids is 2. The average molecular weight is 393 g/mol. The Morgan fingerprint density at radius 3 is 2.41 bits per heavy atom. The summed E-state index contributed by atoms with van der Waals surface area (Å²) in [6.07, 6.45) is 0. The Morgan fingerprint density at radius 2 is 1.76 bits per heavy atom. The maximum absolute atomic E-state index is 14.5. The highest BCUT2D eigenvalue weighted by atomic mass is 19.1. The molecule has 1 saturated heterocycles. The van der Waals surface area contributed by atoms with Crippen LogP contribution in [0.2, 0.25) is 0 Å². The van der Waals surface area contributed by atoms with E-state index in [2.05, 4.69) is 4.98 Å². The lowest BCUT2D eigenvalue weighted by molar-refractivity contribution is 0.0748. The van der Waals surface area contributed by atoms with Crippen molar-refractivity contribution in [2.24, 2.45) is 0 Å².